The fourth-order valence-electron chi connectivity index (χ4n) is 3.22. The molecule has 1 aliphatic rings. The second kappa shape index (κ2) is 13.0. The van der Waals surface area contributed by atoms with Gasteiger partial charge in [0.1, 0.15) is 5.75 Å². The minimum Gasteiger partial charge on any atom is -0.405 e. The lowest BCUT2D eigenvalue weighted by Gasteiger charge is -2.28. The summed E-state index contributed by atoms with van der Waals surface area (Å²) in [6.07, 6.45) is 0.728. The molecule has 9 heteroatoms. The smallest absolute Gasteiger partial charge is 0.405 e. The van der Waals surface area contributed by atoms with E-state index in [2.05, 4.69) is 44.4 Å². The van der Waals surface area contributed by atoms with Gasteiger partial charge in [-0.3, -0.25) is 4.79 Å². The first-order valence-corrected chi connectivity index (χ1v) is 11.1. The van der Waals surface area contributed by atoms with Gasteiger partial charge in [0.25, 0.3) is 0 Å². The molecule has 1 heterocycles. The average Bonchev–Trinajstić information content (AvgIpc) is 2.78. The molecule has 0 radical (unpaired) electrons. The number of carbonyl (C=O) groups is 1. The van der Waals surface area contributed by atoms with Crippen molar-refractivity contribution < 1.29 is 22.7 Å². The summed E-state index contributed by atoms with van der Waals surface area (Å²) in [4.78, 5) is 9.62. The average molecular weight is 480 g/mol. The van der Waals surface area contributed by atoms with Gasteiger partial charge >= 0.3 is 6.36 Å². The molecule has 0 aliphatic carbocycles. The van der Waals surface area contributed by atoms with E-state index in [0.29, 0.717) is 12.0 Å². The molecule has 1 amide bonds. The molecule has 1 aliphatic heterocycles. The van der Waals surface area contributed by atoms with E-state index >= 15 is 0 Å². The third kappa shape index (κ3) is 8.86. The fourth-order valence-corrected chi connectivity index (χ4v) is 4.28. The predicted octanol–water partition coefficient (Wildman–Crippen LogP) is 4.94. The first kappa shape index (κ1) is 26.3. The van der Waals surface area contributed by atoms with Crippen LogP contribution < -0.4 is 15.8 Å². The molecular weight excluding hydrogens is 451 g/mol. The van der Waals surface area contributed by atoms with Crippen molar-refractivity contribution in [3.05, 3.63) is 88.0 Å². The topological polar surface area (TPSA) is 67.6 Å². The Balaban J connectivity index is 0.00000122. The van der Waals surface area contributed by atoms with E-state index in [9.17, 15) is 13.2 Å². The van der Waals surface area contributed by atoms with Gasteiger partial charge in [-0.2, -0.15) is 0 Å². The van der Waals surface area contributed by atoms with Gasteiger partial charge < -0.3 is 15.8 Å². The molecule has 0 saturated heterocycles. The Labute approximate surface area is 196 Å². The number of nitrogens with one attached hydrogen (secondary N) is 1. The standard InChI is InChI=1S/C23H25F3N2OS.CH3NO/c1-17(27-2)22(30-28-15-14-18-8-3-4-10-20(18)16-28)13-7-11-19-9-5-6-12-21(19)29-23(24,25)26;2-1-3/h3-10,12-13,27H,11,14-16H2,1-2H3;1H,(H2,2,3)/b13-7+,22-17+;. The van der Waals surface area contributed by atoms with Crippen LogP contribution >= 0.6 is 11.9 Å². The van der Waals surface area contributed by atoms with Gasteiger partial charge in [0, 0.05) is 30.7 Å². The van der Waals surface area contributed by atoms with E-state index in [1.54, 1.807) is 24.1 Å². The first-order valence-electron chi connectivity index (χ1n) is 10.3. The summed E-state index contributed by atoms with van der Waals surface area (Å²) in [6.45, 7) is 3.79. The van der Waals surface area contributed by atoms with Gasteiger partial charge in [0.2, 0.25) is 6.41 Å². The second-order valence-electron chi connectivity index (χ2n) is 7.11. The van der Waals surface area contributed by atoms with E-state index in [1.807, 2.05) is 26.1 Å². The minimum atomic E-state index is -4.70. The third-order valence-corrected chi connectivity index (χ3v) is 6.08. The van der Waals surface area contributed by atoms with Crippen molar-refractivity contribution >= 4 is 18.4 Å². The molecule has 0 unspecified atom stereocenters. The summed E-state index contributed by atoms with van der Waals surface area (Å²) in [6, 6.07) is 14.7. The number of alkyl halides is 3. The molecule has 2 aromatic carbocycles. The summed E-state index contributed by atoms with van der Waals surface area (Å²) in [5.74, 6) is -0.161. The molecule has 3 N–H and O–H groups in total. The number of hydrogen-bond donors (Lipinski definition) is 2. The van der Waals surface area contributed by atoms with Crippen molar-refractivity contribution in [3.63, 3.8) is 0 Å². The van der Waals surface area contributed by atoms with Crippen LogP contribution in [0.2, 0.25) is 0 Å². The summed E-state index contributed by atoms with van der Waals surface area (Å²) in [5.41, 5.74) is 8.39. The van der Waals surface area contributed by atoms with Crippen LogP contribution in [-0.2, 0) is 24.2 Å². The van der Waals surface area contributed by atoms with Crippen LogP contribution in [0, 0.1) is 0 Å². The highest BCUT2D eigenvalue weighted by Crippen LogP contribution is 2.31. The molecule has 178 valence electrons. The van der Waals surface area contributed by atoms with Crippen LogP contribution in [0.4, 0.5) is 13.2 Å². The molecule has 3 rings (SSSR count). The van der Waals surface area contributed by atoms with Crippen LogP contribution in [-0.4, -0.2) is 30.7 Å². The minimum absolute atomic E-state index is 0.161. The normalized spacial score (nSPS) is 14.6. The van der Waals surface area contributed by atoms with E-state index < -0.39 is 6.36 Å². The third-order valence-electron chi connectivity index (χ3n) is 4.87. The number of hydrogen-bond acceptors (Lipinski definition) is 5. The molecule has 5 nitrogen and oxygen atoms in total. The number of para-hydroxylation sites is 1. The van der Waals surface area contributed by atoms with E-state index in [-0.39, 0.29) is 12.2 Å². The molecule has 0 fully saturated rings. The number of primary amides is 1. The largest absolute Gasteiger partial charge is 0.573 e. The van der Waals surface area contributed by atoms with Gasteiger partial charge in [-0.25, -0.2) is 4.31 Å². The number of fused-ring (bicyclic) bond motifs is 1. The number of nitrogens with two attached hydrogens (primary N) is 1. The van der Waals surface area contributed by atoms with Crippen LogP contribution in [0.5, 0.6) is 5.75 Å². The highest BCUT2D eigenvalue weighted by molar-refractivity contribution is 8.01. The summed E-state index contributed by atoms with van der Waals surface area (Å²) in [7, 11) is 1.86. The Hall–Kier alpha value is -2.91. The molecule has 0 atom stereocenters. The van der Waals surface area contributed by atoms with Crippen LogP contribution in [0.15, 0.2) is 71.3 Å². The molecule has 0 saturated carbocycles. The Morgan fingerprint density at radius 2 is 1.82 bits per heavy atom. The Bertz CT molecular complexity index is 977. The number of allylic oxidation sites excluding steroid dienone is 3. The summed E-state index contributed by atoms with van der Waals surface area (Å²) < 4.78 is 44.3. The van der Waals surface area contributed by atoms with Gasteiger partial charge in [-0.15, -0.1) is 13.2 Å². The summed E-state index contributed by atoms with van der Waals surface area (Å²) in [5, 5.41) is 3.17. The maximum Gasteiger partial charge on any atom is 0.573 e. The Morgan fingerprint density at radius 1 is 1.18 bits per heavy atom. The van der Waals surface area contributed by atoms with Crippen molar-refractivity contribution in [1.82, 2.24) is 9.62 Å². The number of halogens is 3. The number of carbonyl (C=O) groups excluding carboxylic acids is 1. The van der Waals surface area contributed by atoms with Crippen LogP contribution in [0.1, 0.15) is 23.6 Å². The number of nitrogens with zero attached hydrogens (tertiary/aromatic N) is 1. The van der Waals surface area contributed by atoms with Crippen LogP contribution in [0.3, 0.4) is 0 Å². The molecule has 0 spiro atoms. The zero-order valence-electron chi connectivity index (χ0n) is 18.6. The molecular formula is C24H28F3N3O2S. The zero-order valence-corrected chi connectivity index (χ0v) is 19.4. The van der Waals surface area contributed by atoms with Gasteiger partial charge in [-0.1, -0.05) is 48.5 Å². The number of amides is 1. The lowest BCUT2D eigenvalue weighted by molar-refractivity contribution is -0.274. The Kier molecular flexibility index (Phi) is 10.3. The van der Waals surface area contributed by atoms with Crippen molar-refractivity contribution in [2.45, 2.75) is 32.7 Å². The lowest BCUT2D eigenvalue weighted by Crippen LogP contribution is -2.25. The predicted molar refractivity (Wildman–Crippen MR) is 126 cm³/mol. The number of benzene rings is 2. The number of ether oxygens (including phenoxy) is 1. The van der Waals surface area contributed by atoms with Gasteiger partial charge in [0.15, 0.2) is 0 Å². The van der Waals surface area contributed by atoms with Crippen molar-refractivity contribution in [2.24, 2.45) is 5.73 Å². The maximum absolute atomic E-state index is 12.6. The molecule has 2 aromatic rings. The summed E-state index contributed by atoms with van der Waals surface area (Å²) >= 11 is 1.66. The van der Waals surface area contributed by atoms with Crippen LogP contribution in [0.25, 0.3) is 0 Å². The molecule has 0 bridgehead atoms. The monoisotopic (exact) mass is 479 g/mol. The highest BCUT2D eigenvalue weighted by atomic mass is 32.2. The quantitative estimate of drug-likeness (QED) is 0.334. The van der Waals surface area contributed by atoms with Crippen molar-refractivity contribution in [2.75, 3.05) is 13.6 Å². The first-order chi connectivity index (χ1) is 15.8. The Morgan fingerprint density at radius 3 is 2.48 bits per heavy atom. The van der Waals surface area contributed by atoms with E-state index in [0.717, 1.165) is 30.1 Å². The SMILES string of the molecule is CN/C(C)=C(\C=C\Cc1ccccc1OC(F)(F)F)SN1CCc2ccccc2C1.NC=O. The maximum atomic E-state index is 12.6. The highest BCUT2D eigenvalue weighted by Gasteiger charge is 2.31. The molecule has 33 heavy (non-hydrogen) atoms. The second-order valence-corrected chi connectivity index (χ2v) is 8.25. The van der Waals surface area contributed by atoms with Crippen molar-refractivity contribution in [1.29, 1.82) is 0 Å². The fraction of sp³-hybridized carbons (Fsp3) is 0.292. The van der Waals surface area contributed by atoms with Gasteiger partial charge in [0.05, 0.1) is 0 Å². The zero-order chi connectivity index (χ0) is 24.3. The van der Waals surface area contributed by atoms with E-state index in [4.69, 9.17) is 4.79 Å². The van der Waals surface area contributed by atoms with E-state index in [1.165, 1.54) is 23.3 Å². The number of rotatable bonds is 7. The van der Waals surface area contributed by atoms with Crippen molar-refractivity contribution in [3.8, 4) is 5.75 Å². The molecule has 0 aromatic heterocycles. The lowest BCUT2D eigenvalue weighted by atomic mass is 10.0. The van der Waals surface area contributed by atoms with Gasteiger partial charge in [-0.05, 0) is 60.5 Å².